The largest absolute Gasteiger partial charge is 0.383 e. The third kappa shape index (κ3) is 5.18. The molecule has 22 heavy (non-hydrogen) atoms. The van der Waals surface area contributed by atoms with Crippen LogP contribution in [0, 0.1) is 0 Å². The maximum Gasteiger partial charge on any atom is 0.252 e. The van der Waals surface area contributed by atoms with Crippen LogP contribution in [-0.2, 0) is 11.2 Å². The molecule has 5 nitrogen and oxygen atoms in total. The number of carbonyl (C=O) groups is 1. The van der Waals surface area contributed by atoms with Crippen molar-refractivity contribution < 1.29 is 9.53 Å². The summed E-state index contributed by atoms with van der Waals surface area (Å²) in [6.07, 6.45) is 4.07. The third-order valence-corrected chi connectivity index (χ3v) is 3.18. The Bertz CT molecular complexity index is 587. The average Bonchev–Trinajstić information content (AvgIpc) is 2.56. The predicted molar refractivity (Wildman–Crippen MR) is 87.1 cm³/mol. The average molecular weight is 299 g/mol. The molecule has 0 saturated carbocycles. The van der Waals surface area contributed by atoms with Crippen molar-refractivity contribution >= 4 is 11.6 Å². The van der Waals surface area contributed by atoms with E-state index < -0.39 is 0 Å². The molecule has 0 radical (unpaired) electrons. The van der Waals surface area contributed by atoms with Gasteiger partial charge in [0.15, 0.2) is 0 Å². The Morgan fingerprint density at radius 3 is 2.77 bits per heavy atom. The molecule has 0 saturated heterocycles. The molecule has 0 atom stereocenters. The van der Waals surface area contributed by atoms with Gasteiger partial charge in [-0.25, -0.2) is 0 Å². The van der Waals surface area contributed by atoms with Gasteiger partial charge in [-0.2, -0.15) is 0 Å². The lowest BCUT2D eigenvalue weighted by atomic mass is 10.1. The Balaban J connectivity index is 1.82. The van der Waals surface area contributed by atoms with Gasteiger partial charge >= 0.3 is 0 Å². The predicted octanol–water partition coefficient (Wildman–Crippen LogP) is 2.11. The molecule has 0 unspecified atom stereocenters. The van der Waals surface area contributed by atoms with Crippen molar-refractivity contribution in [2.45, 2.75) is 6.42 Å². The first kappa shape index (κ1) is 16.0. The molecule has 1 amide bonds. The Kier molecular flexibility index (Phi) is 6.39. The van der Waals surface area contributed by atoms with Crippen molar-refractivity contribution in [2.24, 2.45) is 0 Å². The quantitative estimate of drug-likeness (QED) is 0.733. The summed E-state index contributed by atoms with van der Waals surface area (Å²) >= 11 is 0. The van der Waals surface area contributed by atoms with E-state index in [1.165, 1.54) is 5.56 Å². The van der Waals surface area contributed by atoms with Crippen LogP contribution in [0.1, 0.15) is 15.9 Å². The summed E-state index contributed by atoms with van der Waals surface area (Å²) < 4.78 is 4.97. The number of benzene rings is 1. The van der Waals surface area contributed by atoms with Crippen LogP contribution in [0.15, 0.2) is 48.8 Å². The van der Waals surface area contributed by atoms with Crippen molar-refractivity contribution in [3.05, 3.63) is 59.9 Å². The summed E-state index contributed by atoms with van der Waals surface area (Å²) in [7, 11) is 1.65. The fraction of sp³-hybridized carbons (Fsp3) is 0.294. The van der Waals surface area contributed by atoms with E-state index >= 15 is 0 Å². The van der Waals surface area contributed by atoms with E-state index in [4.69, 9.17) is 4.74 Å². The summed E-state index contributed by atoms with van der Waals surface area (Å²) in [6, 6.07) is 11.9. The lowest BCUT2D eigenvalue weighted by Gasteiger charge is -2.08. The van der Waals surface area contributed by atoms with Crippen LogP contribution in [0.25, 0.3) is 0 Å². The van der Waals surface area contributed by atoms with Crippen LogP contribution < -0.4 is 10.6 Å². The number of rotatable bonds is 8. The van der Waals surface area contributed by atoms with E-state index in [1.54, 1.807) is 25.6 Å². The molecule has 1 aromatic carbocycles. The molecule has 1 heterocycles. The number of hydrogen-bond acceptors (Lipinski definition) is 4. The lowest BCUT2D eigenvalue weighted by molar-refractivity contribution is 0.0954. The van der Waals surface area contributed by atoms with Gasteiger partial charge in [-0.05, 0) is 18.1 Å². The maximum atomic E-state index is 12.1. The fourth-order valence-electron chi connectivity index (χ4n) is 2.03. The van der Waals surface area contributed by atoms with E-state index in [2.05, 4.69) is 15.6 Å². The number of amides is 1. The summed E-state index contributed by atoms with van der Waals surface area (Å²) in [6.45, 7) is 1.88. The highest BCUT2D eigenvalue weighted by atomic mass is 16.5. The van der Waals surface area contributed by atoms with Gasteiger partial charge in [-0.1, -0.05) is 30.3 Å². The Hall–Kier alpha value is -2.40. The molecule has 2 aromatic rings. The van der Waals surface area contributed by atoms with E-state index in [-0.39, 0.29) is 5.91 Å². The van der Waals surface area contributed by atoms with Crippen LogP contribution >= 0.6 is 0 Å². The van der Waals surface area contributed by atoms with Crippen LogP contribution in [0.3, 0.4) is 0 Å². The van der Waals surface area contributed by atoms with Crippen LogP contribution in [0.4, 0.5) is 5.69 Å². The number of nitrogens with one attached hydrogen (secondary N) is 2. The number of pyridine rings is 1. The van der Waals surface area contributed by atoms with Crippen molar-refractivity contribution in [1.29, 1.82) is 0 Å². The third-order valence-electron chi connectivity index (χ3n) is 3.18. The number of hydrogen-bond donors (Lipinski definition) is 2. The van der Waals surface area contributed by atoms with E-state index in [0.29, 0.717) is 25.3 Å². The van der Waals surface area contributed by atoms with Crippen molar-refractivity contribution in [1.82, 2.24) is 10.3 Å². The first-order chi connectivity index (χ1) is 10.8. The topological polar surface area (TPSA) is 63.2 Å². The molecule has 0 aliphatic rings. The number of carbonyl (C=O) groups excluding carboxylic acids is 1. The van der Waals surface area contributed by atoms with Gasteiger partial charge in [0.2, 0.25) is 0 Å². The number of anilines is 1. The summed E-state index contributed by atoms with van der Waals surface area (Å²) in [4.78, 5) is 16.2. The highest BCUT2D eigenvalue weighted by Crippen LogP contribution is 2.08. The van der Waals surface area contributed by atoms with Crippen LogP contribution in [-0.4, -0.2) is 37.7 Å². The Labute approximate surface area is 130 Å². The summed E-state index contributed by atoms with van der Waals surface area (Å²) in [5, 5.41) is 6.07. The molecule has 2 rings (SSSR count). The molecule has 0 fully saturated rings. The monoisotopic (exact) mass is 299 g/mol. The maximum absolute atomic E-state index is 12.1. The molecule has 0 spiro atoms. The number of nitrogens with zero attached hydrogens (tertiary/aromatic N) is 1. The minimum Gasteiger partial charge on any atom is -0.383 e. The SMILES string of the molecule is COCCNc1cncc(C(=O)NCCc2ccccc2)c1. The molecule has 5 heteroatoms. The van der Waals surface area contributed by atoms with Crippen molar-refractivity contribution in [3.8, 4) is 0 Å². The Morgan fingerprint density at radius 2 is 2.00 bits per heavy atom. The molecule has 1 aromatic heterocycles. The molecule has 0 aliphatic carbocycles. The second-order valence-corrected chi connectivity index (χ2v) is 4.87. The lowest BCUT2D eigenvalue weighted by Crippen LogP contribution is -2.26. The summed E-state index contributed by atoms with van der Waals surface area (Å²) in [5.74, 6) is -0.112. The number of ether oxygens (including phenoxy) is 1. The summed E-state index contributed by atoms with van der Waals surface area (Å²) in [5.41, 5.74) is 2.57. The van der Waals surface area contributed by atoms with Crippen LogP contribution in [0.2, 0.25) is 0 Å². The van der Waals surface area contributed by atoms with Gasteiger partial charge in [0, 0.05) is 32.6 Å². The van der Waals surface area contributed by atoms with Crippen molar-refractivity contribution in [2.75, 3.05) is 32.1 Å². The second kappa shape index (κ2) is 8.79. The fourth-order valence-corrected chi connectivity index (χ4v) is 2.03. The highest BCUT2D eigenvalue weighted by Gasteiger charge is 2.06. The van der Waals surface area contributed by atoms with E-state index in [0.717, 1.165) is 12.1 Å². The number of aromatic nitrogens is 1. The zero-order valence-electron chi connectivity index (χ0n) is 12.7. The van der Waals surface area contributed by atoms with Gasteiger partial charge in [-0.3, -0.25) is 9.78 Å². The number of methoxy groups -OCH3 is 1. The zero-order valence-corrected chi connectivity index (χ0v) is 12.7. The normalized spacial score (nSPS) is 10.2. The molecular weight excluding hydrogens is 278 g/mol. The van der Waals surface area contributed by atoms with E-state index in [1.807, 2.05) is 30.3 Å². The molecule has 2 N–H and O–H groups in total. The minimum atomic E-state index is -0.112. The molecule has 0 aliphatic heterocycles. The van der Waals surface area contributed by atoms with Gasteiger partial charge in [0.25, 0.3) is 5.91 Å². The van der Waals surface area contributed by atoms with Crippen LogP contribution in [0.5, 0.6) is 0 Å². The standard InChI is InChI=1S/C17H21N3O2/c1-22-10-9-19-16-11-15(12-18-13-16)17(21)20-8-7-14-5-3-2-4-6-14/h2-6,11-13,19H,7-10H2,1H3,(H,20,21). The zero-order chi connectivity index (χ0) is 15.6. The van der Waals surface area contributed by atoms with Gasteiger partial charge in [0.1, 0.15) is 0 Å². The van der Waals surface area contributed by atoms with Gasteiger partial charge in [0.05, 0.1) is 17.9 Å². The van der Waals surface area contributed by atoms with Gasteiger partial charge in [-0.15, -0.1) is 0 Å². The first-order valence-electron chi connectivity index (χ1n) is 7.29. The second-order valence-electron chi connectivity index (χ2n) is 4.87. The minimum absolute atomic E-state index is 0.112. The molecule has 0 bridgehead atoms. The Morgan fingerprint density at radius 1 is 1.18 bits per heavy atom. The van der Waals surface area contributed by atoms with Crippen molar-refractivity contribution in [3.63, 3.8) is 0 Å². The smallest absolute Gasteiger partial charge is 0.252 e. The van der Waals surface area contributed by atoms with Gasteiger partial charge < -0.3 is 15.4 Å². The molecular formula is C17H21N3O2. The molecule has 116 valence electrons. The van der Waals surface area contributed by atoms with E-state index in [9.17, 15) is 4.79 Å². The highest BCUT2D eigenvalue weighted by molar-refractivity contribution is 5.94. The first-order valence-corrected chi connectivity index (χ1v) is 7.29.